The molecule has 2 aromatic heterocycles. The summed E-state index contributed by atoms with van der Waals surface area (Å²) in [6.45, 7) is 0. The molecule has 0 saturated carbocycles. The maximum atomic E-state index is 12.0. The number of nitrogens with one attached hydrogen (secondary N) is 1. The first kappa shape index (κ1) is 12.0. The maximum Gasteiger partial charge on any atom is 0.276 e. The summed E-state index contributed by atoms with van der Waals surface area (Å²) in [5, 5.41) is 14.5. The van der Waals surface area contributed by atoms with Crippen molar-refractivity contribution < 1.29 is 4.79 Å². The molecular formula is C13H10N6O. The molecule has 1 aromatic carbocycles. The maximum absolute atomic E-state index is 12.0. The Morgan fingerprint density at radius 1 is 1.05 bits per heavy atom. The number of hydrogen-bond acceptors (Lipinski definition) is 5. The molecule has 1 N–H and O–H groups in total. The Morgan fingerprint density at radius 3 is 2.55 bits per heavy atom. The molecule has 0 unspecified atom stereocenters. The van der Waals surface area contributed by atoms with Crippen LogP contribution in [0.5, 0.6) is 0 Å². The van der Waals surface area contributed by atoms with Crippen molar-refractivity contribution in [2.24, 2.45) is 0 Å². The van der Waals surface area contributed by atoms with Gasteiger partial charge in [0.25, 0.3) is 5.91 Å². The number of anilines is 1. The van der Waals surface area contributed by atoms with E-state index in [-0.39, 0.29) is 11.6 Å². The molecule has 2 heterocycles. The van der Waals surface area contributed by atoms with Gasteiger partial charge < -0.3 is 5.32 Å². The molecular weight excluding hydrogens is 256 g/mol. The van der Waals surface area contributed by atoms with Gasteiger partial charge in [0, 0.05) is 5.69 Å². The summed E-state index contributed by atoms with van der Waals surface area (Å²) >= 11 is 0. The summed E-state index contributed by atoms with van der Waals surface area (Å²) in [5.41, 5.74) is 0.942. The minimum absolute atomic E-state index is 0.234. The van der Waals surface area contributed by atoms with E-state index in [2.05, 4.69) is 25.6 Å². The highest BCUT2D eigenvalue weighted by Gasteiger charge is 2.09. The highest BCUT2D eigenvalue weighted by molar-refractivity contribution is 6.02. The number of para-hydroxylation sites is 1. The normalized spacial score (nSPS) is 10.2. The number of amides is 1. The standard InChI is InChI=1S/C13H10N6O/c20-13(16-10-4-2-1-3-5-10)11-6-7-12(18-17-11)19-9-14-8-15-19/h1-9H,(H,16,20). The van der Waals surface area contributed by atoms with Crippen LogP contribution in [-0.4, -0.2) is 30.9 Å². The Hall–Kier alpha value is -3.09. The first-order valence-corrected chi connectivity index (χ1v) is 5.88. The number of carbonyl (C=O) groups excluding carboxylic acids is 1. The van der Waals surface area contributed by atoms with Crippen LogP contribution in [0.15, 0.2) is 55.1 Å². The van der Waals surface area contributed by atoms with Gasteiger partial charge in [-0.25, -0.2) is 9.67 Å². The molecule has 98 valence electrons. The molecule has 20 heavy (non-hydrogen) atoms. The number of aromatic nitrogens is 5. The molecule has 3 rings (SSSR count). The van der Waals surface area contributed by atoms with Crippen LogP contribution < -0.4 is 5.32 Å². The van der Waals surface area contributed by atoms with Crippen LogP contribution in [0.3, 0.4) is 0 Å². The Bertz CT molecular complexity index is 693. The quantitative estimate of drug-likeness (QED) is 0.772. The third-order valence-corrected chi connectivity index (χ3v) is 2.57. The summed E-state index contributed by atoms with van der Waals surface area (Å²) < 4.78 is 1.46. The second kappa shape index (κ2) is 5.27. The van der Waals surface area contributed by atoms with Crippen molar-refractivity contribution in [2.75, 3.05) is 5.32 Å². The minimum atomic E-state index is -0.311. The van der Waals surface area contributed by atoms with Crippen LogP contribution in [0.25, 0.3) is 5.82 Å². The second-order valence-corrected chi connectivity index (χ2v) is 3.94. The zero-order chi connectivity index (χ0) is 13.8. The Labute approximate surface area is 114 Å². The lowest BCUT2D eigenvalue weighted by atomic mass is 10.3. The molecule has 0 aliphatic heterocycles. The SMILES string of the molecule is O=C(Nc1ccccc1)c1ccc(-n2cncn2)nn1. The van der Waals surface area contributed by atoms with Crippen molar-refractivity contribution >= 4 is 11.6 Å². The third-order valence-electron chi connectivity index (χ3n) is 2.57. The fraction of sp³-hybridized carbons (Fsp3) is 0. The van der Waals surface area contributed by atoms with E-state index in [9.17, 15) is 4.79 Å². The van der Waals surface area contributed by atoms with Crippen molar-refractivity contribution in [3.8, 4) is 5.82 Å². The minimum Gasteiger partial charge on any atom is -0.321 e. The number of benzene rings is 1. The Kier molecular flexibility index (Phi) is 3.15. The first-order valence-electron chi connectivity index (χ1n) is 5.88. The summed E-state index contributed by atoms with van der Waals surface area (Å²) in [5.74, 6) is 0.188. The van der Waals surface area contributed by atoms with E-state index in [0.29, 0.717) is 11.5 Å². The fourth-order valence-corrected chi connectivity index (χ4v) is 1.61. The highest BCUT2D eigenvalue weighted by Crippen LogP contribution is 2.07. The van der Waals surface area contributed by atoms with E-state index >= 15 is 0 Å². The molecule has 7 nitrogen and oxygen atoms in total. The second-order valence-electron chi connectivity index (χ2n) is 3.94. The van der Waals surface area contributed by atoms with Crippen LogP contribution in [0.4, 0.5) is 5.69 Å². The van der Waals surface area contributed by atoms with Gasteiger partial charge >= 0.3 is 0 Å². The topological polar surface area (TPSA) is 85.6 Å². The van der Waals surface area contributed by atoms with Crippen molar-refractivity contribution in [2.45, 2.75) is 0 Å². The van der Waals surface area contributed by atoms with E-state index in [1.807, 2.05) is 18.2 Å². The number of hydrogen-bond donors (Lipinski definition) is 1. The average Bonchev–Trinajstić information content (AvgIpc) is 3.03. The molecule has 0 saturated heterocycles. The summed E-state index contributed by atoms with van der Waals surface area (Å²) in [4.78, 5) is 15.8. The molecule has 0 atom stereocenters. The van der Waals surface area contributed by atoms with Gasteiger partial charge in [0.1, 0.15) is 12.7 Å². The summed E-state index contributed by atoms with van der Waals surface area (Å²) in [6.07, 6.45) is 2.91. The van der Waals surface area contributed by atoms with Crippen LogP contribution in [0.1, 0.15) is 10.5 Å². The first-order chi connectivity index (χ1) is 9.83. The highest BCUT2D eigenvalue weighted by atomic mass is 16.1. The van der Waals surface area contributed by atoms with E-state index < -0.39 is 0 Å². The molecule has 0 radical (unpaired) electrons. The monoisotopic (exact) mass is 266 g/mol. The smallest absolute Gasteiger partial charge is 0.276 e. The van der Waals surface area contributed by atoms with Crippen molar-refractivity contribution in [3.05, 3.63) is 60.8 Å². The van der Waals surface area contributed by atoms with Crippen LogP contribution in [0, 0.1) is 0 Å². The lowest BCUT2D eigenvalue weighted by molar-refractivity contribution is 0.102. The number of nitrogens with zero attached hydrogens (tertiary/aromatic N) is 5. The molecule has 3 aromatic rings. The fourth-order valence-electron chi connectivity index (χ4n) is 1.61. The molecule has 1 amide bonds. The lowest BCUT2D eigenvalue weighted by Crippen LogP contribution is -2.15. The van der Waals surface area contributed by atoms with E-state index in [1.165, 1.54) is 17.3 Å². The van der Waals surface area contributed by atoms with E-state index in [4.69, 9.17) is 0 Å². The predicted molar refractivity (Wildman–Crippen MR) is 71.3 cm³/mol. The predicted octanol–water partition coefficient (Wildman–Crippen LogP) is 1.31. The Balaban J connectivity index is 1.76. The van der Waals surface area contributed by atoms with E-state index in [0.717, 1.165) is 0 Å². The zero-order valence-corrected chi connectivity index (χ0v) is 10.3. The third kappa shape index (κ3) is 2.51. The van der Waals surface area contributed by atoms with Crippen molar-refractivity contribution in [3.63, 3.8) is 0 Å². The molecule has 0 bridgehead atoms. The van der Waals surface area contributed by atoms with E-state index in [1.54, 1.807) is 24.3 Å². The average molecular weight is 266 g/mol. The van der Waals surface area contributed by atoms with Gasteiger partial charge in [0.2, 0.25) is 0 Å². The van der Waals surface area contributed by atoms with Gasteiger partial charge in [-0.2, -0.15) is 5.10 Å². The zero-order valence-electron chi connectivity index (χ0n) is 10.3. The lowest BCUT2D eigenvalue weighted by Gasteiger charge is -2.04. The van der Waals surface area contributed by atoms with Crippen LogP contribution >= 0.6 is 0 Å². The van der Waals surface area contributed by atoms with Gasteiger partial charge in [-0.3, -0.25) is 4.79 Å². The van der Waals surface area contributed by atoms with Crippen molar-refractivity contribution in [1.29, 1.82) is 0 Å². The summed E-state index contributed by atoms with van der Waals surface area (Å²) in [7, 11) is 0. The molecule has 0 aliphatic carbocycles. The van der Waals surface area contributed by atoms with Crippen molar-refractivity contribution in [1.82, 2.24) is 25.0 Å². The van der Waals surface area contributed by atoms with Crippen LogP contribution in [0.2, 0.25) is 0 Å². The molecule has 0 fully saturated rings. The van der Waals surface area contributed by atoms with Gasteiger partial charge in [-0.15, -0.1) is 10.2 Å². The number of rotatable bonds is 3. The van der Waals surface area contributed by atoms with Gasteiger partial charge in [-0.05, 0) is 24.3 Å². The molecule has 7 heteroatoms. The van der Waals surface area contributed by atoms with Crippen LogP contribution in [-0.2, 0) is 0 Å². The molecule has 0 spiro atoms. The molecule has 0 aliphatic rings. The Morgan fingerprint density at radius 2 is 1.90 bits per heavy atom. The largest absolute Gasteiger partial charge is 0.321 e. The summed E-state index contributed by atoms with van der Waals surface area (Å²) in [6, 6.07) is 12.4. The van der Waals surface area contributed by atoms with Gasteiger partial charge in [-0.1, -0.05) is 18.2 Å². The number of carbonyl (C=O) groups is 1. The van der Waals surface area contributed by atoms with Gasteiger partial charge in [0.15, 0.2) is 11.5 Å². The van der Waals surface area contributed by atoms with Gasteiger partial charge in [0.05, 0.1) is 0 Å².